The molecule has 328 valence electrons. The van der Waals surface area contributed by atoms with E-state index in [0.717, 1.165) is 6.42 Å². The van der Waals surface area contributed by atoms with E-state index in [4.69, 9.17) is 0 Å². The maximum Gasteiger partial charge on any atom is 0.0459 e. The molecule has 1 heteroatoms. The third-order valence-corrected chi connectivity index (χ3v) is 14.2. The molecule has 9 aromatic carbocycles. The highest BCUT2D eigenvalue weighted by molar-refractivity contribution is 5.83. The summed E-state index contributed by atoms with van der Waals surface area (Å²) < 4.78 is 0. The molecule has 9 aromatic rings. The van der Waals surface area contributed by atoms with Gasteiger partial charge in [0.25, 0.3) is 0 Å². The molecule has 0 saturated carbocycles. The fourth-order valence-corrected chi connectivity index (χ4v) is 10.5. The van der Waals surface area contributed by atoms with Crippen LogP contribution in [0.5, 0.6) is 0 Å². The minimum Gasteiger partial charge on any atom is -0.337 e. The van der Waals surface area contributed by atoms with Crippen LogP contribution in [0.25, 0.3) is 55.6 Å². The van der Waals surface area contributed by atoms with Crippen LogP contribution in [0.4, 0.5) is 11.4 Å². The molecule has 0 bridgehead atoms. The summed E-state index contributed by atoms with van der Waals surface area (Å²) in [6, 6.07) is 79.6. The predicted octanol–water partition coefficient (Wildman–Crippen LogP) is 17.9. The van der Waals surface area contributed by atoms with E-state index in [1.54, 1.807) is 0 Å². The van der Waals surface area contributed by atoms with Crippen molar-refractivity contribution in [3.8, 4) is 55.6 Å². The Hall–Kier alpha value is -7.48. The van der Waals surface area contributed by atoms with Crippen molar-refractivity contribution in [3.05, 3.63) is 264 Å². The lowest BCUT2D eigenvalue weighted by Crippen LogP contribution is -2.30. The summed E-state index contributed by atoms with van der Waals surface area (Å²) in [6.45, 7) is 11.1. The second-order valence-corrected chi connectivity index (χ2v) is 19.0. The molecule has 2 aliphatic carbocycles. The van der Waals surface area contributed by atoms with Crippen LogP contribution in [-0.2, 0) is 5.41 Å². The Morgan fingerprint density at radius 3 is 1.66 bits per heavy atom. The van der Waals surface area contributed by atoms with Crippen LogP contribution in [0.2, 0.25) is 0 Å². The zero-order valence-corrected chi connectivity index (χ0v) is 39.5. The highest BCUT2D eigenvalue weighted by Gasteiger charge is 2.39. The van der Waals surface area contributed by atoms with E-state index in [-0.39, 0.29) is 5.41 Å². The van der Waals surface area contributed by atoms with Gasteiger partial charge in [-0.1, -0.05) is 231 Å². The molecule has 2 unspecified atom stereocenters. The van der Waals surface area contributed by atoms with E-state index >= 15 is 0 Å². The van der Waals surface area contributed by atoms with Gasteiger partial charge < -0.3 is 4.90 Å². The third-order valence-electron chi connectivity index (χ3n) is 14.2. The number of benzene rings is 9. The summed E-state index contributed by atoms with van der Waals surface area (Å²) in [5.41, 5.74) is 24.1. The van der Waals surface area contributed by atoms with Gasteiger partial charge in [0.1, 0.15) is 0 Å². The number of rotatable bonds is 5. The summed E-state index contributed by atoms with van der Waals surface area (Å²) >= 11 is 0. The number of hydrogen-bond acceptors (Lipinski definition) is 1. The minimum atomic E-state index is 0.151. The number of anilines is 2. The summed E-state index contributed by atoms with van der Waals surface area (Å²) in [4.78, 5) is 2.60. The van der Waals surface area contributed by atoms with Gasteiger partial charge in [-0.15, -0.1) is 0 Å². The Kier molecular flexibility index (Phi) is 12.2. The van der Waals surface area contributed by atoms with Crippen molar-refractivity contribution in [2.75, 3.05) is 4.90 Å². The van der Waals surface area contributed by atoms with Crippen LogP contribution < -0.4 is 4.90 Å². The van der Waals surface area contributed by atoms with E-state index in [0.29, 0.717) is 12.0 Å². The average Bonchev–Trinajstić information content (AvgIpc) is 3.82. The molecule has 1 aliphatic heterocycles. The molecule has 67 heavy (non-hydrogen) atoms. The molecule has 0 N–H and O–H groups in total. The molecule has 0 radical (unpaired) electrons. The topological polar surface area (TPSA) is 3.24 Å². The fraction of sp³-hybridized carbons (Fsp3) is 0.152. The molecule has 0 amide bonds. The molecule has 1 heterocycles. The largest absolute Gasteiger partial charge is 0.337 e. The summed E-state index contributed by atoms with van der Waals surface area (Å²) in [7, 11) is 0. The van der Waals surface area contributed by atoms with Gasteiger partial charge in [-0.05, 0) is 136 Å². The first-order valence-electron chi connectivity index (χ1n) is 24.0. The summed E-state index contributed by atoms with van der Waals surface area (Å²) in [6.07, 6.45) is 7.11. The van der Waals surface area contributed by atoms with Gasteiger partial charge in [0.15, 0.2) is 0 Å². The zero-order valence-electron chi connectivity index (χ0n) is 39.5. The Morgan fingerprint density at radius 2 is 0.955 bits per heavy atom. The molecule has 3 aliphatic rings. The minimum absolute atomic E-state index is 0.151. The first-order valence-corrected chi connectivity index (χ1v) is 24.0. The Labute approximate surface area is 398 Å². The van der Waals surface area contributed by atoms with Gasteiger partial charge in [0, 0.05) is 28.7 Å². The monoisotopic (exact) mass is 865 g/mol. The SMILES string of the molecule is Cc1ccc(-c2ccccc2)cc1.Cc1ccc2c(c1)C(C)(C)c1ccccc1-2.Cc1ccccc1-c1cccc(-c2ccc3c(c2)N(c2ccc(-c4ccccc4)cc2)C2CCC=CC32)c1. The molecule has 1 nitrogen and oxygen atoms in total. The second-order valence-electron chi connectivity index (χ2n) is 19.0. The molecule has 12 rings (SSSR count). The van der Waals surface area contributed by atoms with Crippen molar-refractivity contribution in [2.24, 2.45) is 0 Å². The van der Waals surface area contributed by atoms with E-state index in [2.05, 4.69) is 264 Å². The fourth-order valence-electron chi connectivity index (χ4n) is 10.5. The molecular weight excluding hydrogens is 807 g/mol. The molecule has 0 spiro atoms. The van der Waals surface area contributed by atoms with Crippen molar-refractivity contribution in [1.82, 2.24) is 0 Å². The number of nitrogens with zero attached hydrogens (tertiary/aromatic N) is 1. The maximum absolute atomic E-state index is 2.60. The van der Waals surface area contributed by atoms with Crippen LogP contribution in [0.3, 0.4) is 0 Å². The summed E-state index contributed by atoms with van der Waals surface area (Å²) in [5, 5.41) is 0. The maximum atomic E-state index is 2.60. The zero-order chi connectivity index (χ0) is 45.9. The third kappa shape index (κ3) is 8.83. The number of hydrogen-bond donors (Lipinski definition) is 0. The van der Waals surface area contributed by atoms with Crippen LogP contribution in [0.15, 0.2) is 231 Å². The number of allylic oxidation sites excluding steroid dienone is 1. The van der Waals surface area contributed by atoms with Gasteiger partial charge in [-0.2, -0.15) is 0 Å². The van der Waals surface area contributed by atoms with Crippen molar-refractivity contribution in [1.29, 1.82) is 0 Å². The van der Waals surface area contributed by atoms with Gasteiger partial charge >= 0.3 is 0 Å². The lowest BCUT2D eigenvalue weighted by Gasteiger charge is -2.31. The van der Waals surface area contributed by atoms with Crippen molar-refractivity contribution in [3.63, 3.8) is 0 Å². The van der Waals surface area contributed by atoms with Gasteiger partial charge in [0.05, 0.1) is 0 Å². The highest BCUT2D eigenvalue weighted by atomic mass is 15.2. The first kappa shape index (κ1) is 43.4. The van der Waals surface area contributed by atoms with Gasteiger partial charge in [-0.25, -0.2) is 0 Å². The molecular formula is C66H59N. The van der Waals surface area contributed by atoms with E-state index in [1.165, 1.54) is 107 Å². The molecule has 0 aromatic heterocycles. The second kappa shape index (κ2) is 18.8. The summed E-state index contributed by atoms with van der Waals surface area (Å²) in [5.74, 6) is 0.444. The Balaban J connectivity index is 0.000000147. The predicted molar refractivity (Wildman–Crippen MR) is 286 cm³/mol. The van der Waals surface area contributed by atoms with Crippen LogP contribution >= 0.6 is 0 Å². The molecule has 0 fully saturated rings. The Bertz CT molecular complexity index is 3170. The quantitative estimate of drug-likeness (QED) is 0.156. The average molecular weight is 866 g/mol. The van der Waals surface area contributed by atoms with Crippen LogP contribution in [-0.4, -0.2) is 6.04 Å². The molecule has 0 saturated heterocycles. The lowest BCUT2D eigenvalue weighted by molar-refractivity contribution is 0.565. The highest BCUT2D eigenvalue weighted by Crippen LogP contribution is 2.51. The van der Waals surface area contributed by atoms with Crippen LogP contribution in [0.1, 0.15) is 66.0 Å². The van der Waals surface area contributed by atoms with E-state index in [9.17, 15) is 0 Å². The van der Waals surface area contributed by atoms with E-state index in [1.807, 2.05) is 6.07 Å². The normalized spacial score (nSPS) is 15.7. The van der Waals surface area contributed by atoms with Crippen molar-refractivity contribution >= 4 is 11.4 Å². The molecule has 2 atom stereocenters. The lowest BCUT2D eigenvalue weighted by atomic mass is 9.82. The van der Waals surface area contributed by atoms with Gasteiger partial charge in [-0.3, -0.25) is 0 Å². The standard InChI is InChI=1S/C37H31N.C16H16.C13H12/c1-26-10-5-6-15-33(26)31-14-9-13-29(24-31)30-20-23-35-34-16-7-8-17-36(34)38(37(35)25-30)32-21-18-28(19-22-32)27-11-3-2-4-12-27;1-11-8-9-13-12-6-4-5-7-14(12)16(2,3)15(13)10-11;1-11-7-9-13(10-8-11)12-5-3-2-4-6-12/h2-7,9-16,18-25,34,36H,8,17H2,1H3;4-10H,1-3H3;2-10H,1H3. The number of fused-ring (bicyclic) bond motifs is 6. The van der Waals surface area contributed by atoms with Crippen molar-refractivity contribution < 1.29 is 0 Å². The smallest absolute Gasteiger partial charge is 0.0459 e. The Morgan fingerprint density at radius 1 is 0.418 bits per heavy atom. The number of aryl methyl sites for hydroxylation is 3. The van der Waals surface area contributed by atoms with E-state index < -0.39 is 0 Å². The first-order chi connectivity index (χ1) is 32.7. The van der Waals surface area contributed by atoms with Gasteiger partial charge in [0.2, 0.25) is 0 Å². The van der Waals surface area contributed by atoms with Crippen molar-refractivity contribution in [2.45, 2.75) is 64.8 Å². The van der Waals surface area contributed by atoms with Crippen LogP contribution in [0, 0.1) is 20.8 Å².